The topological polar surface area (TPSA) is 21.3 Å². The van der Waals surface area contributed by atoms with Crippen LogP contribution >= 0.6 is 0 Å². The molecule has 1 heterocycles. The largest absolute Gasteiger partial charge is 0.370 e. The van der Waals surface area contributed by atoms with E-state index >= 15 is 0 Å². The average Bonchev–Trinajstić information content (AvgIpc) is 2.48. The summed E-state index contributed by atoms with van der Waals surface area (Å²) in [5.74, 6) is 0. The van der Waals surface area contributed by atoms with E-state index in [-0.39, 0.29) is 0 Å². The third-order valence-electron chi connectivity index (χ3n) is 2.37. The zero-order valence-corrected chi connectivity index (χ0v) is 8.33. The lowest BCUT2D eigenvalue weighted by Gasteiger charge is -2.13. The van der Waals surface area contributed by atoms with Gasteiger partial charge in [0.05, 0.1) is 0 Å². The predicted molar refractivity (Wildman–Crippen MR) is 56.8 cm³/mol. The third kappa shape index (κ3) is 2.82. The number of benzene rings is 1. The van der Waals surface area contributed by atoms with Gasteiger partial charge in [-0.05, 0) is 18.5 Å². The molecule has 1 aromatic carbocycles. The smallest absolute Gasteiger partial charge is 0.115 e. The van der Waals surface area contributed by atoms with Gasteiger partial charge in [0.15, 0.2) is 0 Å². The van der Waals surface area contributed by atoms with Crippen LogP contribution in [0.2, 0.25) is 0 Å². The van der Waals surface area contributed by atoms with Crippen LogP contribution in [-0.2, 0) is 11.2 Å². The maximum absolute atomic E-state index is 5.66. The minimum absolute atomic E-state index is 0.856. The van der Waals surface area contributed by atoms with E-state index in [9.17, 15) is 0 Å². The van der Waals surface area contributed by atoms with Crippen LogP contribution in [0.15, 0.2) is 30.3 Å². The van der Waals surface area contributed by atoms with Gasteiger partial charge in [-0.25, -0.2) is 0 Å². The van der Waals surface area contributed by atoms with Crippen molar-refractivity contribution in [2.75, 3.05) is 19.7 Å². The predicted octanol–water partition coefficient (Wildman–Crippen LogP) is 1.77. The minimum atomic E-state index is 0.856. The van der Waals surface area contributed by atoms with E-state index in [1.807, 2.05) is 6.07 Å². The van der Waals surface area contributed by atoms with Crippen LogP contribution in [0.1, 0.15) is 12.0 Å². The van der Waals surface area contributed by atoms with Crippen molar-refractivity contribution in [3.05, 3.63) is 42.0 Å². The van der Waals surface area contributed by atoms with Gasteiger partial charge in [-0.2, -0.15) is 0 Å². The van der Waals surface area contributed by atoms with Crippen LogP contribution in [0.5, 0.6) is 0 Å². The molecule has 1 N–H and O–H groups in total. The molecule has 2 rings (SSSR count). The highest BCUT2D eigenvalue weighted by Gasteiger charge is 2.13. The number of nitrogens with one attached hydrogen (secondary N) is 1. The lowest BCUT2D eigenvalue weighted by atomic mass is 10.1. The van der Waals surface area contributed by atoms with Crippen LogP contribution in [0.3, 0.4) is 0 Å². The Bertz CT molecular complexity index is 252. The quantitative estimate of drug-likeness (QED) is 0.767. The van der Waals surface area contributed by atoms with Crippen molar-refractivity contribution in [3.63, 3.8) is 0 Å². The molecule has 1 aliphatic heterocycles. The van der Waals surface area contributed by atoms with Crippen LogP contribution in [0, 0.1) is 6.10 Å². The Labute approximate surface area is 85.3 Å². The van der Waals surface area contributed by atoms with Gasteiger partial charge in [0.2, 0.25) is 0 Å². The molecule has 0 bridgehead atoms. The Morgan fingerprint density at radius 3 is 2.93 bits per heavy atom. The van der Waals surface area contributed by atoms with E-state index in [0.717, 1.165) is 38.6 Å². The van der Waals surface area contributed by atoms with Gasteiger partial charge >= 0.3 is 0 Å². The highest BCUT2D eigenvalue weighted by atomic mass is 16.5. The first-order chi connectivity index (χ1) is 6.95. The zero-order chi connectivity index (χ0) is 9.64. The van der Waals surface area contributed by atoms with E-state index in [0.29, 0.717) is 0 Å². The Hall–Kier alpha value is -0.860. The SMILES string of the molecule is c1ccc(C[C]2CNCCCO2)cc1. The summed E-state index contributed by atoms with van der Waals surface area (Å²) < 4.78 is 5.66. The van der Waals surface area contributed by atoms with E-state index in [2.05, 4.69) is 29.6 Å². The summed E-state index contributed by atoms with van der Waals surface area (Å²) in [5.41, 5.74) is 1.33. The summed E-state index contributed by atoms with van der Waals surface area (Å²) in [6.45, 7) is 2.82. The molecule has 0 amide bonds. The van der Waals surface area contributed by atoms with Crippen molar-refractivity contribution in [3.8, 4) is 0 Å². The first-order valence-electron chi connectivity index (χ1n) is 5.17. The maximum Gasteiger partial charge on any atom is 0.115 e. The fraction of sp³-hybridized carbons (Fsp3) is 0.417. The molecule has 0 aromatic heterocycles. The normalized spacial score (nSPS) is 19.1. The number of ether oxygens (including phenoxy) is 1. The minimum Gasteiger partial charge on any atom is -0.370 e. The molecule has 0 saturated carbocycles. The molecule has 0 unspecified atom stereocenters. The molecule has 0 spiro atoms. The molecule has 1 radical (unpaired) electrons. The molecule has 0 atom stereocenters. The summed E-state index contributed by atoms with van der Waals surface area (Å²) in [6, 6.07) is 10.5. The Morgan fingerprint density at radius 2 is 2.07 bits per heavy atom. The van der Waals surface area contributed by atoms with Crippen LogP contribution < -0.4 is 5.32 Å². The van der Waals surface area contributed by atoms with Gasteiger partial charge in [0.1, 0.15) is 6.10 Å². The highest BCUT2D eigenvalue weighted by Crippen LogP contribution is 2.13. The number of hydrogen-bond donors (Lipinski definition) is 1. The molecular weight excluding hydrogens is 174 g/mol. The van der Waals surface area contributed by atoms with Crippen molar-refractivity contribution in [1.82, 2.24) is 5.32 Å². The van der Waals surface area contributed by atoms with Crippen molar-refractivity contribution >= 4 is 0 Å². The second kappa shape index (κ2) is 5.13. The monoisotopic (exact) mass is 190 g/mol. The fourth-order valence-electron chi connectivity index (χ4n) is 1.63. The van der Waals surface area contributed by atoms with Gasteiger partial charge in [-0.15, -0.1) is 0 Å². The third-order valence-corrected chi connectivity index (χ3v) is 2.37. The maximum atomic E-state index is 5.66. The highest BCUT2D eigenvalue weighted by molar-refractivity contribution is 5.18. The van der Waals surface area contributed by atoms with Crippen LogP contribution in [0.25, 0.3) is 0 Å². The molecule has 75 valence electrons. The van der Waals surface area contributed by atoms with Gasteiger partial charge in [0, 0.05) is 19.6 Å². The Balaban J connectivity index is 1.90. The molecule has 2 nitrogen and oxygen atoms in total. The molecule has 1 aromatic rings. The standard InChI is InChI=1S/C12H16NO/c1-2-5-11(6-3-1)9-12-10-13-7-4-8-14-12/h1-3,5-6,13H,4,7-10H2. The second-order valence-corrected chi connectivity index (χ2v) is 3.58. The first kappa shape index (κ1) is 9.69. The molecule has 1 saturated heterocycles. The van der Waals surface area contributed by atoms with Crippen molar-refractivity contribution < 1.29 is 4.74 Å². The van der Waals surface area contributed by atoms with Crippen molar-refractivity contribution in [1.29, 1.82) is 0 Å². The Kier molecular flexibility index (Phi) is 3.55. The van der Waals surface area contributed by atoms with E-state index in [1.54, 1.807) is 0 Å². The molecular formula is C12H16NO. The number of hydrogen-bond acceptors (Lipinski definition) is 2. The van der Waals surface area contributed by atoms with Gasteiger partial charge in [-0.3, -0.25) is 0 Å². The van der Waals surface area contributed by atoms with Crippen molar-refractivity contribution in [2.24, 2.45) is 0 Å². The summed E-state index contributed by atoms with van der Waals surface area (Å²) in [7, 11) is 0. The van der Waals surface area contributed by atoms with Crippen LogP contribution in [-0.4, -0.2) is 19.7 Å². The van der Waals surface area contributed by atoms with Gasteiger partial charge in [0.25, 0.3) is 0 Å². The lowest BCUT2D eigenvalue weighted by Crippen LogP contribution is -2.21. The molecule has 1 fully saturated rings. The Morgan fingerprint density at radius 1 is 1.21 bits per heavy atom. The van der Waals surface area contributed by atoms with Gasteiger partial charge in [-0.1, -0.05) is 30.3 Å². The second-order valence-electron chi connectivity index (χ2n) is 3.58. The first-order valence-corrected chi connectivity index (χ1v) is 5.17. The van der Waals surface area contributed by atoms with E-state index in [4.69, 9.17) is 4.74 Å². The van der Waals surface area contributed by atoms with Crippen LogP contribution in [0.4, 0.5) is 0 Å². The molecule has 2 heteroatoms. The zero-order valence-electron chi connectivity index (χ0n) is 8.33. The summed E-state index contributed by atoms with van der Waals surface area (Å²) in [4.78, 5) is 0. The summed E-state index contributed by atoms with van der Waals surface area (Å²) in [5, 5.41) is 3.36. The fourth-order valence-corrected chi connectivity index (χ4v) is 1.63. The number of rotatable bonds is 2. The van der Waals surface area contributed by atoms with Gasteiger partial charge < -0.3 is 10.1 Å². The molecule has 1 aliphatic rings. The average molecular weight is 190 g/mol. The summed E-state index contributed by atoms with van der Waals surface area (Å²) >= 11 is 0. The van der Waals surface area contributed by atoms with E-state index < -0.39 is 0 Å². The molecule has 0 aliphatic carbocycles. The molecule has 14 heavy (non-hydrogen) atoms. The van der Waals surface area contributed by atoms with Crippen molar-refractivity contribution in [2.45, 2.75) is 12.8 Å². The van der Waals surface area contributed by atoms with E-state index in [1.165, 1.54) is 5.56 Å². The lowest BCUT2D eigenvalue weighted by molar-refractivity contribution is 0.150. The summed E-state index contributed by atoms with van der Waals surface area (Å²) in [6.07, 6.45) is 3.21.